The van der Waals surface area contributed by atoms with Crippen LogP contribution < -0.4 is 0 Å². The Kier molecular flexibility index (Phi) is 64.3. The van der Waals surface area contributed by atoms with Gasteiger partial charge in [-0.15, -0.1) is 0 Å². The van der Waals surface area contributed by atoms with Crippen LogP contribution in [0.25, 0.3) is 0 Å². The molecule has 0 aliphatic carbocycles. The van der Waals surface area contributed by atoms with Crippen molar-refractivity contribution >= 4 is 33.6 Å². The van der Waals surface area contributed by atoms with Gasteiger partial charge in [0.2, 0.25) is 0 Å². The fourth-order valence-electron chi connectivity index (χ4n) is 9.53. The minimum absolute atomic E-state index is 0.0879. The zero-order chi connectivity index (χ0) is 66.7. The summed E-state index contributed by atoms with van der Waals surface area (Å²) in [6.45, 7) is 2.56. The first-order chi connectivity index (χ1) is 44.2. The first-order valence-electron chi connectivity index (χ1n) is 35.9. The number of rotatable bonds is 68. The molecule has 0 bridgehead atoms. The minimum Gasteiger partial charge on any atom is -0.463 e. The number of hydrogen-bond donors (Lipinski definition) is 4. The average Bonchev–Trinajstić information content (AvgIpc) is 3.10. The van der Waals surface area contributed by atoms with E-state index in [4.69, 9.17) is 32.3 Å². The van der Waals surface area contributed by atoms with Gasteiger partial charge in [0, 0.05) is 19.3 Å². The number of aliphatic hydroxyl groups is 2. The van der Waals surface area contributed by atoms with Crippen molar-refractivity contribution in [1.29, 1.82) is 0 Å². The molecule has 0 saturated carbocycles. The Labute approximate surface area is 553 Å². The number of ether oxygens (including phenoxy) is 3. The van der Waals surface area contributed by atoms with Gasteiger partial charge in [-0.3, -0.25) is 32.5 Å². The number of hydrogen-bond acceptors (Lipinski definition) is 14. The standard InChI is InChI=1S/C73H130O16P2/c1-4-7-10-13-16-19-22-25-27-28-29-30-31-32-33-34-35-36-37-38-40-43-44-47-50-53-56-59-71(76)83-62-68(74)63-85-90(79,80)86-64-69(75)65-87-91(81,82)88-67-70(89-73(78)61-58-55-52-49-46-41-24-21-18-15-12-9-6-3)66-84-72(77)60-57-54-51-48-45-42-39-26-23-20-17-14-11-8-5-2/h12,15-16,19,21,24-27,29-30,32-33,39,68-70,74-75H,4-11,13-14,17-18,20,22-23,28,31,34-38,40-67H2,1-3H3,(H,79,80)(H,81,82)/b15-12-,19-16-,24-21-,27-25-,30-29-,33-32-,39-26-. The van der Waals surface area contributed by atoms with Gasteiger partial charge in [0.05, 0.1) is 26.4 Å². The number of phosphoric acid groups is 2. The smallest absolute Gasteiger partial charge is 0.463 e. The average molecular weight is 1330 g/mol. The zero-order valence-electron chi connectivity index (χ0n) is 57.3. The molecule has 0 amide bonds. The van der Waals surface area contributed by atoms with E-state index in [1.54, 1.807) is 0 Å². The van der Waals surface area contributed by atoms with E-state index in [2.05, 4.69) is 106 Å². The highest BCUT2D eigenvalue weighted by Gasteiger charge is 2.29. The lowest BCUT2D eigenvalue weighted by Crippen LogP contribution is -2.30. The predicted octanol–water partition coefficient (Wildman–Crippen LogP) is 20.1. The highest BCUT2D eigenvalue weighted by atomic mass is 31.2. The van der Waals surface area contributed by atoms with Gasteiger partial charge < -0.3 is 34.2 Å². The van der Waals surface area contributed by atoms with Crippen LogP contribution in [-0.4, -0.2) is 95.9 Å². The Morgan fingerprint density at radius 1 is 0.308 bits per heavy atom. The lowest BCUT2D eigenvalue weighted by Gasteiger charge is -2.21. The molecule has 528 valence electrons. The fraction of sp³-hybridized carbons (Fsp3) is 0.767. The lowest BCUT2D eigenvalue weighted by molar-refractivity contribution is -0.161. The Morgan fingerprint density at radius 2 is 0.571 bits per heavy atom. The molecular formula is C73H130O16P2. The summed E-state index contributed by atoms with van der Waals surface area (Å²) in [7, 11) is -9.78. The molecule has 0 aliphatic rings. The van der Waals surface area contributed by atoms with Crippen molar-refractivity contribution in [2.24, 2.45) is 0 Å². The van der Waals surface area contributed by atoms with Crippen LogP contribution in [0, 0.1) is 0 Å². The molecule has 5 atom stereocenters. The van der Waals surface area contributed by atoms with Gasteiger partial charge in [0.1, 0.15) is 25.4 Å². The number of carbonyl (C=O) groups is 3. The molecule has 0 radical (unpaired) electrons. The van der Waals surface area contributed by atoms with Crippen molar-refractivity contribution in [3.05, 3.63) is 85.1 Å². The van der Waals surface area contributed by atoms with Gasteiger partial charge in [-0.2, -0.15) is 0 Å². The third kappa shape index (κ3) is 67.9. The van der Waals surface area contributed by atoms with Crippen LogP contribution in [0.5, 0.6) is 0 Å². The van der Waals surface area contributed by atoms with Gasteiger partial charge in [0.15, 0.2) is 6.10 Å². The van der Waals surface area contributed by atoms with E-state index in [1.807, 2.05) is 0 Å². The molecule has 5 unspecified atom stereocenters. The first-order valence-corrected chi connectivity index (χ1v) is 38.9. The molecule has 0 aromatic rings. The normalized spacial score (nSPS) is 14.7. The van der Waals surface area contributed by atoms with Crippen molar-refractivity contribution in [3.8, 4) is 0 Å². The van der Waals surface area contributed by atoms with E-state index in [9.17, 15) is 43.5 Å². The van der Waals surface area contributed by atoms with Gasteiger partial charge in [-0.05, 0) is 116 Å². The van der Waals surface area contributed by atoms with Crippen LogP contribution in [0.4, 0.5) is 0 Å². The van der Waals surface area contributed by atoms with Crippen LogP contribution in [-0.2, 0) is 55.8 Å². The molecule has 91 heavy (non-hydrogen) atoms. The monoisotopic (exact) mass is 1320 g/mol. The number of allylic oxidation sites excluding steroid dienone is 14. The molecule has 0 spiro atoms. The second kappa shape index (κ2) is 66.7. The summed E-state index contributed by atoms with van der Waals surface area (Å²) in [6, 6.07) is 0. The van der Waals surface area contributed by atoms with Crippen molar-refractivity contribution in [3.63, 3.8) is 0 Å². The molecule has 18 heteroatoms. The number of esters is 3. The van der Waals surface area contributed by atoms with Crippen LogP contribution >= 0.6 is 15.6 Å². The SMILES string of the molecule is CCC/C=C\C/C=C\CCCCCCCC(=O)OC(COC(=O)CCCCCCC/C=C\CCCCCCCC)COP(=O)(O)OCC(O)COP(=O)(O)OCC(O)COC(=O)CCCCCCCCCCCCC/C=C\C/C=C\C/C=C\C/C=C\CCCCC. The second-order valence-electron chi connectivity index (χ2n) is 24.0. The van der Waals surface area contributed by atoms with Crippen molar-refractivity contribution < 1.29 is 75.8 Å². The summed E-state index contributed by atoms with van der Waals surface area (Å²) in [5.74, 6) is -1.60. The van der Waals surface area contributed by atoms with Crippen LogP contribution in [0.1, 0.15) is 303 Å². The number of carbonyl (C=O) groups excluding carboxylic acids is 3. The van der Waals surface area contributed by atoms with Crippen LogP contribution in [0.3, 0.4) is 0 Å². The van der Waals surface area contributed by atoms with Crippen LogP contribution in [0.2, 0.25) is 0 Å². The topological polar surface area (TPSA) is 231 Å². The molecule has 0 aromatic heterocycles. The summed E-state index contributed by atoms with van der Waals surface area (Å²) in [5, 5.41) is 20.6. The highest BCUT2D eigenvalue weighted by Crippen LogP contribution is 2.45. The largest absolute Gasteiger partial charge is 0.472 e. The third-order valence-corrected chi connectivity index (χ3v) is 16.9. The fourth-order valence-corrected chi connectivity index (χ4v) is 11.1. The Balaban J connectivity index is 4.49. The molecule has 0 aliphatic heterocycles. The van der Waals surface area contributed by atoms with Crippen molar-refractivity contribution in [1.82, 2.24) is 0 Å². The molecule has 16 nitrogen and oxygen atoms in total. The molecule has 0 fully saturated rings. The minimum atomic E-state index is -4.92. The predicted molar refractivity (Wildman–Crippen MR) is 371 cm³/mol. The maximum atomic E-state index is 12.9. The highest BCUT2D eigenvalue weighted by molar-refractivity contribution is 7.47. The molecule has 0 aromatic carbocycles. The number of phosphoric ester groups is 2. The van der Waals surface area contributed by atoms with Gasteiger partial charge in [0.25, 0.3) is 0 Å². The van der Waals surface area contributed by atoms with E-state index >= 15 is 0 Å². The lowest BCUT2D eigenvalue weighted by atomic mass is 10.0. The molecule has 0 saturated heterocycles. The van der Waals surface area contributed by atoms with Crippen molar-refractivity contribution in [2.75, 3.05) is 39.6 Å². The van der Waals surface area contributed by atoms with E-state index in [0.717, 1.165) is 135 Å². The van der Waals surface area contributed by atoms with Gasteiger partial charge in [-0.25, -0.2) is 9.13 Å². The maximum absolute atomic E-state index is 12.9. The maximum Gasteiger partial charge on any atom is 0.472 e. The number of unbranched alkanes of at least 4 members (excludes halogenated alkanes) is 31. The summed E-state index contributed by atoms with van der Waals surface area (Å²) >= 11 is 0. The van der Waals surface area contributed by atoms with E-state index in [-0.39, 0.29) is 19.3 Å². The van der Waals surface area contributed by atoms with Gasteiger partial charge in [-0.1, -0.05) is 254 Å². The zero-order valence-corrected chi connectivity index (χ0v) is 59.0. The van der Waals surface area contributed by atoms with Gasteiger partial charge >= 0.3 is 33.6 Å². The molecule has 0 heterocycles. The van der Waals surface area contributed by atoms with E-state index < -0.39 is 91.5 Å². The Bertz CT molecular complexity index is 2000. The molecule has 0 rings (SSSR count). The third-order valence-electron chi connectivity index (χ3n) is 15.0. The summed E-state index contributed by atoms with van der Waals surface area (Å²) in [4.78, 5) is 58.4. The second-order valence-corrected chi connectivity index (χ2v) is 26.9. The quantitative estimate of drug-likeness (QED) is 0.0146. The Morgan fingerprint density at radius 3 is 0.945 bits per heavy atom. The van der Waals surface area contributed by atoms with E-state index in [1.165, 1.54) is 109 Å². The summed E-state index contributed by atoms with van der Waals surface area (Å²) < 4.78 is 60.9. The number of aliphatic hydroxyl groups excluding tert-OH is 2. The van der Waals surface area contributed by atoms with Crippen molar-refractivity contribution in [2.45, 2.75) is 322 Å². The molecule has 4 N–H and O–H groups in total. The summed E-state index contributed by atoms with van der Waals surface area (Å²) in [6.07, 6.45) is 72.1. The van der Waals surface area contributed by atoms with E-state index in [0.29, 0.717) is 19.3 Å². The molecular weight excluding hydrogens is 1190 g/mol. The summed E-state index contributed by atoms with van der Waals surface area (Å²) in [5.41, 5.74) is 0. The Hall–Kier alpha value is -3.27. The first kappa shape index (κ1) is 87.7. The van der Waals surface area contributed by atoms with Crippen LogP contribution in [0.15, 0.2) is 85.1 Å².